The molecule has 5 N–H and O–H groups in total. The number of nitrogens with zero attached hydrogens (tertiary/aromatic N) is 3. The molecule has 176 valence electrons. The van der Waals surface area contributed by atoms with Crippen molar-refractivity contribution in [2.45, 2.75) is 25.5 Å². The predicted molar refractivity (Wildman–Crippen MR) is 113 cm³/mol. The van der Waals surface area contributed by atoms with Gasteiger partial charge in [0.05, 0.1) is 12.9 Å². The number of hydrogen-bond acceptors (Lipinski definition) is 10. The van der Waals surface area contributed by atoms with Crippen molar-refractivity contribution in [2.24, 2.45) is 0 Å². The summed E-state index contributed by atoms with van der Waals surface area (Å²) in [5, 5.41) is 11.5. The van der Waals surface area contributed by atoms with Gasteiger partial charge in [0.2, 0.25) is 5.95 Å². The lowest BCUT2D eigenvalue weighted by molar-refractivity contribution is -0.138. The number of nitrogens with one attached hydrogen (secondary N) is 2. The van der Waals surface area contributed by atoms with Crippen LogP contribution in [0.4, 0.5) is 5.95 Å². The first-order valence-corrected chi connectivity index (χ1v) is 11.3. The minimum atomic E-state index is -4.12. The molecule has 15 heteroatoms. The molecular weight excluding hydrogens is 459 g/mol. The molecule has 3 heterocycles. The number of carbonyl (C=O) groups is 1. The first kappa shape index (κ1) is 22.9. The molecule has 2 aromatic heterocycles. The predicted octanol–water partition coefficient (Wildman–Crippen LogP) is 0.840. The molecule has 1 aliphatic heterocycles. The Morgan fingerprint density at radius 2 is 2.21 bits per heavy atom. The summed E-state index contributed by atoms with van der Waals surface area (Å²) in [5.74, 6) is -1.10. The van der Waals surface area contributed by atoms with E-state index in [2.05, 4.69) is 20.0 Å². The van der Waals surface area contributed by atoms with Crippen molar-refractivity contribution in [2.75, 3.05) is 18.9 Å². The van der Waals surface area contributed by atoms with Crippen LogP contribution in [0.3, 0.4) is 0 Å². The third-order valence-electron chi connectivity index (χ3n) is 4.57. The van der Waals surface area contributed by atoms with Crippen LogP contribution in [0.5, 0.6) is 5.75 Å². The van der Waals surface area contributed by atoms with E-state index >= 15 is 0 Å². The van der Waals surface area contributed by atoms with Crippen LogP contribution in [0.25, 0.3) is 11.2 Å². The van der Waals surface area contributed by atoms with E-state index in [0.29, 0.717) is 0 Å². The van der Waals surface area contributed by atoms with Crippen LogP contribution in [0.15, 0.2) is 41.5 Å². The monoisotopic (exact) mass is 480 g/mol. The molecular formula is C18H21N6O8P. The number of imidazole rings is 1. The van der Waals surface area contributed by atoms with Gasteiger partial charge >= 0.3 is 13.7 Å². The van der Waals surface area contributed by atoms with E-state index < -0.39 is 37.8 Å². The maximum Gasteiger partial charge on any atom is 0.459 e. The minimum absolute atomic E-state index is 0.0523. The van der Waals surface area contributed by atoms with Gasteiger partial charge in [0.15, 0.2) is 23.7 Å². The number of fused-ring (bicyclic) bond motifs is 1. The number of ether oxygens (including phenoxy) is 2. The van der Waals surface area contributed by atoms with Crippen molar-refractivity contribution >= 4 is 30.8 Å². The molecule has 1 aromatic carbocycles. The third kappa shape index (κ3) is 5.21. The number of anilines is 1. The third-order valence-corrected chi connectivity index (χ3v) is 6.21. The molecule has 14 nitrogen and oxygen atoms in total. The van der Waals surface area contributed by atoms with Crippen molar-refractivity contribution in [1.82, 2.24) is 24.6 Å². The van der Waals surface area contributed by atoms with Gasteiger partial charge in [0, 0.05) is 0 Å². The van der Waals surface area contributed by atoms with Crippen LogP contribution in [0.2, 0.25) is 0 Å². The summed E-state index contributed by atoms with van der Waals surface area (Å²) in [6, 6.07) is 6.94. The molecule has 0 radical (unpaired) electrons. The molecule has 0 spiro atoms. The topological polar surface area (TPSA) is 193 Å². The Morgan fingerprint density at radius 1 is 1.45 bits per heavy atom. The fourth-order valence-corrected chi connectivity index (χ4v) is 4.47. The van der Waals surface area contributed by atoms with Gasteiger partial charge in [-0.1, -0.05) is 18.2 Å². The summed E-state index contributed by atoms with van der Waals surface area (Å²) in [6.45, 7) is 1.01. The summed E-state index contributed by atoms with van der Waals surface area (Å²) in [5.41, 5.74) is 5.41. The summed E-state index contributed by atoms with van der Waals surface area (Å²) in [6.07, 6.45) is -0.317. The van der Waals surface area contributed by atoms with E-state index in [-0.39, 0.29) is 36.1 Å². The Hall–Kier alpha value is -3.29. The number of aliphatic carboxylic acids is 1. The first-order chi connectivity index (χ1) is 15.7. The van der Waals surface area contributed by atoms with Gasteiger partial charge in [-0.2, -0.15) is 10.1 Å². The molecule has 4 rings (SSSR count). The number of rotatable bonds is 9. The lowest BCUT2D eigenvalue weighted by Gasteiger charge is -2.23. The van der Waals surface area contributed by atoms with Crippen molar-refractivity contribution in [3.05, 3.63) is 47.0 Å². The lowest BCUT2D eigenvalue weighted by Crippen LogP contribution is -2.34. The summed E-state index contributed by atoms with van der Waals surface area (Å²) < 4.78 is 36.8. The summed E-state index contributed by atoms with van der Waals surface area (Å²) in [7, 11) is -4.12. The number of hydrogen-bond donors (Lipinski definition) is 4. The highest BCUT2D eigenvalue weighted by Crippen LogP contribution is 2.45. The smallest absolute Gasteiger partial charge is 0.459 e. The Balaban J connectivity index is 1.45. The quantitative estimate of drug-likeness (QED) is 0.316. The van der Waals surface area contributed by atoms with Crippen LogP contribution in [0.1, 0.15) is 13.2 Å². The van der Waals surface area contributed by atoms with Crippen LogP contribution in [-0.4, -0.2) is 56.1 Å². The van der Waals surface area contributed by atoms with Gasteiger partial charge in [0.25, 0.3) is 5.56 Å². The number of H-pyrrole nitrogens is 1. The molecule has 0 bridgehead atoms. The Bertz CT molecular complexity index is 1250. The molecule has 3 aromatic rings. The molecule has 0 amide bonds. The van der Waals surface area contributed by atoms with Gasteiger partial charge in [-0.15, -0.1) is 0 Å². The normalized spacial score (nSPS) is 21.0. The largest absolute Gasteiger partial charge is 0.480 e. The van der Waals surface area contributed by atoms with Crippen LogP contribution < -0.4 is 20.9 Å². The highest BCUT2D eigenvalue weighted by atomic mass is 31.2. The van der Waals surface area contributed by atoms with Gasteiger partial charge in [-0.25, -0.2) is 9.55 Å². The average Bonchev–Trinajstić information content (AvgIpc) is 3.40. The van der Waals surface area contributed by atoms with E-state index in [4.69, 9.17) is 29.4 Å². The average molecular weight is 480 g/mol. The number of para-hydroxylation sites is 1. The maximum atomic E-state index is 13.2. The molecule has 33 heavy (non-hydrogen) atoms. The van der Waals surface area contributed by atoms with Crippen molar-refractivity contribution in [1.29, 1.82) is 0 Å². The van der Waals surface area contributed by atoms with Crippen molar-refractivity contribution in [3.63, 3.8) is 0 Å². The van der Waals surface area contributed by atoms with E-state index in [1.54, 1.807) is 30.3 Å². The second kappa shape index (κ2) is 9.29. The second-order valence-electron chi connectivity index (χ2n) is 7.02. The van der Waals surface area contributed by atoms with Crippen molar-refractivity contribution < 1.29 is 33.0 Å². The Labute approximate surface area is 186 Å². The number of nitrogens with two attached hydrogens (primary N) is 1. The molecule has 1 saturated heterocycles. The number of carboxylic acids is 1. The van der Waals surface area contributed by atoms with Crippen LogP contribution >= 0.6 is 7.75 Å². The zero-order chi connectivity index (χ0) is 23.6. The van der Waals surface area contributed by atoms with Gasteiger partial charge in [-0.05, 0) is 19.1 Å². The highest BCUT2D eigenvalue weighted by molar-refractivity contribution is 7.52. The zero-order valence-electron chi connectivity index (χ0n) is 17.3. The van der Waals surface area contributed by atoms with Gasteiger partial charge in [0.1, 0.15) is 18.4 Å². The van der Waals surface area contributed by atoms with Gasteiger partial charge in [-0.3, -0.25) is 23.7 Å². The second-order valence-corrected chi connectivity index (χ2v) is 8.71. The van der Waals surface area contributed by atoms with Crippen molar-refractivity contribution in [3.8, 4) is 5.75 Å². The SMILES string of the molecule is C[C@H](NP(=O)(OC[C@@H]1OC[C@H](n2cnc3c(=O)[nH]c(N)nc32)O1)Oc1ccccc1)C(=O)O. The first-order valence-electron chi connectivity index (χ1n) is 9.73. The van der Waals surface area contributed by atoms with E-state index in [1.807, 2.05) is 0 Å². The van der Waals surface area contributed by atoms with E-state index in [0.717, 1.165) is 0 Å². The molecule has 1 fully saturated rings. The van der Waals surface area contributed by atoms with Gasteiger partial charge < -0.3 is 24.8 Å². The molecule has 4 atom stereocenters. The number of carboxylic acid groups (broad SMARTS) is 1. The fraction of sp³-hybridized carbons (Fsp3) is 0.333. The summed E-state index contributed by atoms with van der Waals surface area (Å²) in [4.78, 5) is 33.6. The molecule has 1 unspecified atom stereocenters. The van der Waals surface area contributed by atoms with E-state index in [9.17, 15) is 14.2 Å². The fourth-order valence-electron chi connectivity index (χ4n) is 2.99. The Morgan fingerprint density at radius 3 is 2.94 bits per heavy atom. The lowest BCUT2D eigenvalue weighted by atomic mass is 10.3. The van der Waals surface area contributed by atoms with Crippen LogP contribution in [0, 0.1) is 0 Å². The number of aromatic nitrogens is 4. The Kier molecular flexibility index (Phi) is 6.44. The molecule has 1 aliphatic rings. The minimum Gasteiger partial charge on any atom is -0.480 e. The number of aromatic amines is 1. The van der Waals surface area contributed by atoms with E-state index in [1.165, 1.54) is 17.8 Å². The molecule has 0 aliphatic carbocycles. The summed E-state index contributed by atoms with van der Waals surface area (Å²) >= 11 is 0. The standard InChI is InChI=1S/C18H21N6O8P/c1-10(17(26)27)23-33(28,32-11-5-3-2-4-6-11)30-8-13-29-7-12(31-13)24-9-20-14-15(24)21-18(19)22-16(14)25/h2-6,9-10,12-13H,7-8H2,1H3,(H,23,28)(H,26,27)(H3,19,21,22,25)/t10-,12+,13+,33?/m0/s1. The zero-order valence-corrected chi connectivity index (χ0v) is 18.2. The maximum absolute atomic E-state index is 13.2. The highest BCUT2D eigenvalue weighted by Gasteiger charge is 2.35. The molecule has 0 saturated carbocycles. The number of nitrogen functional groups attached to an aromatic ring is 1. The van der Waals surface area contributed by atoms with Crippen LogP contribution in [-0.2, 0) is 23.4 Å². The number of benzene rings is 1.